The molecule has 9 heteroatoms. The van der Waals surface area contributed by atoms with Crippen LogP contribution in [-0.2, 0) is 4.79 Å². The zero-order valence-corrected chi connectivity index (χ0v) is 12.5. The highest BCUT2D eigenvalue weighted by molar-refractivity contribution is 5.72. The second-order valence-corrected chi connectivity index (χ2v) is 5.09. The van der Waals surface area contributed by atoms with Gasteiger partial charge in [0.15, 0.2) is 11.2 Å². The third-order valence-corrected chi connectivity index (χ3v) is 3.47. The van der Waals surface area contributed by atoms with Gasteiger partial charge >= 0.3 is 11.7 Å². The molecule has 22 heavy (non-hydrogen) atoms. The molecule has 1 unspecified atom stereocenters. The lowest BCUT2D eigenvalue weighted by molar-refractivity contribution is -0.137. The maximum absolute atomic E-state index is 12.0. The van der Waals surface area contributed by atoms with Crippen LogP contribution in [-0.4, -0.2) is 37.1 Å². The van der Waals surface area contributed by atoms with E-state index < -0.39 is 17.2 Å². The van der Waals surface area contributed by atoms with E-state index in [2.05, 4.69) is 20.3 Å². The number of anilines is 1. The molecule has 0 amide bonds. The predicted molar refractivity (Wildman–Crippen MR) is 81.3 cm³/mol. The molecule has 0 saturated heterocycles. The number of carboxylic acid groups (broad SMARTS) is 1. The normalized spacial score (nSPS) is 12.5. The molecule has 0 aliphatic rings. The van der Waals surface area contributed by atoms with Gasteiger partial charge in [-0.3, -0.25) is 19.1 Å². The maximum atomic E-state index is 12.0. The van der Waals surface area contributed by atoms with E-state index in [0.29, 0.717) is 24.6 Å². The van der Waals surface area contributed by atoms with Crippen LogP contribution in [0.2, 0.25) is 0 Å². The lowest BCUT2D eigenvalue weighted by Crippen LogP contribution is -2.32. The highest BCUT2D eigenvalue weighted by Gasteiger charge is 2.16. The first-order valence-corrected chi connectivity index (χ1v) is 7.14. The van der Waals surface area contributed by atoms with Crippen LogP contribution >= 0.6 is 0 Å². The number of aromatic amines is 2. The molecule has 0 aromatic carbocycles. The van der Waals surface area contributed by atoms with Crippen LogP contribution in [0.1, 0.15) is 39.2 Å². The second-order valence-electron chi connectivity index (χ2n) is 5.09. The number of nitrogens with one attached hydrogen (secondary N) is 3. The van der Waals surface area contributed by atoms with Gasteiger partial charge in [0, 0.05) is 19.0 Å². The lowest BCUT2D eigenvalue weighted by Gasteiger charge is -2.12. The Bertz CT molecular complexity index is 788. The number of carbonyl (C=O) groups is 1. The SMILES string of the molecule is CCC(C)n1c(=O)[nH]c(=O)c2[nH]c(NCCCC(=O)O)nc21. The number of hydrogen-bond acceptors (Lipinski definition) is 5. The fourth-order valence-corrected chi connectivity index (χ4v) is 2.13. The standard InChI is InChI=1S/C13H19N5O4/c1-3-7(2)18-10-9(11(21)17-13(18)22)15-12(16-10)14-6-4-5-8(19)20/h7H,3-6H2,1-2H3,(H,19,20)(H2,14,15,16)(H,17,21,22). The Hall–Kier alpha value is -2.58. The Balaban J connectivity index is 2.32. The second kappa shape index (κ2) is 6.46. The lowest BCUT2D eigenvalue weighted by atomic mass is 10.2. The molecular weight excluding hydrogens is 290 g/mol. The number of imidazole rings is 1. The first-order chi connectivity index (χ1) is 10.4. The summed E-state index contributed by atoms with van der Waals surface area (Å²) in [4.78, 5) is 43.6. The van der Waals surface area contributed by atoms with E-state index in [1.807, 2.05) is 13.8 Å². The molecule has 0 radical (unpaired) electrons. The zero-order chi connectivity index (χ0) is 16.3. The fraction of sp³-hybridized carbons (Fsp3) is 0.538. The molecule has 2 aromatic heterocycles. The van der Waals surface area contributed by atoms with Gasteiger partial charge in [0.1, 0.15) is 0 Å². The summed E-state index contributed by atoms with van der Waals surface area (Å²) in [5, 5.41) is 11.5. The molecule has 2 aromatic rings. The molecule has 0 spiro atoms. The Morgan fingerprint density at radius 1 is 1.41 bits per heavy atom. The van der Waals surface area contributed by atoms with Crippen LogP contribution in [0.5, 0.6) is 0 Å². The summed E-state index contributed by atoms with van der Waals surface area (Å²) in [6, 6.07) is -0.102. The predicted octanol–water partition coefficient (Wildman–Crippen LogP) is 0.661. The molecule has 120 valence electrons. The Morgan fingerprint density at radius 2 is 2.14 bits per heavy atom. The number of fused-ring (bicyclic) bond motifs is 1. The maximum Gasteiger partial charge on any atom is 0.330 e. The molecule has 1 atom stereocenters. The van der Waals surface area contributed by atoms with Crippen molar-refractivity contribution in [2.24, 2.45) is 0 Å². The van der Waals surface area contributed by atoms with Gasteiger partial charge in [0.05, 0.1) is 0 Å². The first kappa shape index (κ1) is 15.8. The first-order valence-electron chi connectivity index (χ1n) is 7.14. The largest absolute Gasteiger partial charge is 0.481 e. The molecule has 0 fully saturated rings. The average molecular weight is 309 g/mol. The van der Waals surface area contributed by atoms with Crippen molar-refractivity contribution < 1.29 is 9.90 Å². The van der Waals surface area contributed by atoms with E-state index in [-0.39, 0.29) is 18.0 Å². The van der Waals surface area contributed by atoms with E-state index in [1.165, 1.54) is 4.57 Å². The topological polar surface area (TPSA) is 133 Å². The van der Waals surface area contributed by atoms with Crippen LogP contribution in [0.3, 0.4) is 0 Å². The minimum Gasteiger partial charge on any atom is -0.481 e. The van der Waals surface area contributed by atoms with Crippen molar-refractivity contribution in [3.05, 3.63) is 20.8 Å². The molecular formula is C13H19N5O4. The van der Waals surface area contributed by atoms with Gasteiger partial charge in [-0.2, -0.15) is 4.98 Å². The molecule has 2 heterocycles. The van der Waals surface area contributed by atoms with E-state index in [0.717, 1.165) is 6.42 Å². The van der Waals surface area contributed by atoms with Crippen LogP contribution in [0, 0.1) is 0 Å². The van der Waals surface area contributed by atoms with Crippen molar-refractivity contribution in [1.29, 1.82) is 0 Å². The number of carboxylic acids is 1. The highest BCUT2D eigenvalue weighted by Crippen LogP contribution is 2.15. The molecule has 0 aliphatic heterocycles. The summed E-state index contributed by atoms with van der Waals surface area (Å²) in [5.41, 5.74) is -0.495. The number of nitrogens with zero attached hydrogens (tertiary/aromatic N) is 2. The van der Waals surface area contributed by atoms with Gasteiger partial charge in [-0.15, -0.1) is 0 Å². The quantitative estimate of drug-likeness (QED) is 0.555. The van der Waals surface area contributed by atoms with E-state index in [1.54, 1.807) is 0 Å². The Kier molecular flexibility index (Phi) is 4.64. The van der Waals surface area contributed by atoms with Crippen molar-refractivity contribution in [2.75, 3.05) is 11.9 Å². The monoisotopic (exact) mass is 309 g/mol. The average Bonchev–Trinajstić information content (AvgIpc) is 2.87. The van der Waals surface area contributed by atoms with Crippen LogP contribution in [0.25, 0.3) is 11.2 Å². The summed E-state index contributed by atoms with van der Waals surface area (Å²) < 4.78 is 1.44. The molecule has 0 bridgehead atoms. The Labute approximate surface area is 125 Å². The number of rotatable bonds is 7. The number of aliphatic carboxylic acids is 1. The van der Waals surface area contributed by atoms with Gasteiger partial charge in [-0.05, 0) is 19.8 Å². The summed E-state index contributed by atoms with van der Waals surface area (Å²) >= 11 is 0. The number of H-pyrrole nitrogens is 2. The van der Waals surface area contributed by atoms with Gasteiger partial charge < -0.3 is 15.4 Å². The third kappa shape index (κ3) is 3.18. The van der Waals surface area contributed by atoms with Gasteiger partial charge in [0.25, 0.3) is 5.56 Å². The number of aromatic nitrogens is 4. The van der Waals surface area contributed by atoms with Crippen LogP contribution in [0.4, 0.5) is 5.95 Å². The smallest absolute Gasteiger partial charge is 0.330 e. The van der Waals surface area contributed by atoms with Crippen molar-refractivity contribution >= 4 is 23.1 Å². The van der Waals surface area contributed by atoms with Crippen LogP contribution < -0.4 is 16.6 Å². The van der Waals surface area contributed by atoms with Gasteiger partial charge in [-0.1, -0.05) is 6.92 Å². The summed E-state index contributed by atoms with van der Waals surface area (Å²) in [6.45, 7) is 4.21. The highest BCUT2D eigenvalue weighted by atomic mass is 16.4. The minimum absolute atomic E-state index is 0.0470. The zero-order valence-electron chi connectivity index (χ0n) is 12.5. The molecule has 0 aliphatic carbocycles. The summed E-state index contributed by atoms with van der Waals surface area (Å²) in [6.07, 6.45) is 1.20. The van der Waals surface area contributed by atoms with Gasteiger partial charge in [-0.25, -0.2) is 4.79 Å². The molecule has 9 nitrogen and oxygen atoms in total. The van der Waals surface area contributed by atoms with Gasteiger partial charge in [0.2, 0.25) is 5.95 Å². The molecule has 4 N–H and O–H groups in total. The molecule has 0 saturated carbocycles. The minimum atomic E-state index is -0.867. The van der Waals surface area contributed by atoms with E-state index in [4.69, 9.17) is 5.11 Å². The fourth-order valence-electron chi connectivity index (χ4n) is 2.13. The molecule has 2 rings (SSSR count). The van der Waals surface area contributed by atoms with Crippen molar-refractivity contribution in [2.45, 2.75) is 39.2 Å². The van der Waals surface area contributed by atoms with Crippen LogP contribution in [0.15, 0.2) is 9.59 Å². The summed E-state index contributed by atoms with van der Waals surface area (Å²) in [5.74, 6) is -0.526. The number of hydrogen-bond donors (Lipinski definition) is 4. The van der Waals surface area contributed by atoms with E-state index >= 15 is 0 Å². The van der Waals surface area contributed by atoms with Crippen molar-refractivity contribution in [3.63, 3.8) is 0 Å². The van der Waals surface area contributed by atoms with Crippen molar-refractivity contribution in [3.8, 4) is 0 Å². The summed E-state index contributed by atoms with van der Waals surface area (Å²) in [7, 11) is 0. The van der Waals surface area contributed by atoms with E-state index in [9.17, 15) is 14.4 Å². The third-order valence-electron chi connectivity index (χ3n) is 3.47. The Morgan fingerprint density at radius 3 is 2.77 bits per heavy atom. The van der Waals surface area contributed by atoms with Crippen molar-refractivity contribution in [1.82, 2.24) is 19.5 Å².